The van der Waals surface area contributed by atoms with Crippen molar-refractivity contribution in [2.24, 2.45) is 0 Å². The Bertz CT molecular complexity index is 510. The van der Waals surface area contributed by atoms with Crippen molar-refractivity contribution in [1.29, 1.82) is 0 Å². The van der Waals surface area contributed by atoms with Gasteiger partial charge in [0.1, 0.15) is 12.2 Å². The highest BCUT2D eigenvalue weighted by Gasteiger charge is 2.46. The summed E-state index contributed by atoms with van der Waals surface area (Å²) in [6.07, 6.45) is 1.10. The van der Waals surface area contributed by atoms with Crippen LogP contribution in [0.5, 0.6) is 0 Å². The van der Waals surface area contributed by atoms with E-state index in [0.717, 1.165) is 36.5 Å². The summed E-state index contributed by atoms with van der Waals surface area (Å²) < 4.78 is 5.88. The Balaban J connectivity index is 1.58. The zero-order valence-corrected chi connectivity index (χ0v) is 14.0. The molecule has 0 saturated carbocycles. The molecule has 2 aliphatic rings. The normalized spacial score (nSPS) is 31.8. The van der Waals surface area contributed by atoms with Crippen LogP contribution >= 0.6 is 11.6 Å². The maximum Gasteiger partial charge on any atom is 0.109 e. The minimum atomic E-state index is -0.629. The number of likely N-dealkylation sites (tertiary alicyclic amines) is 1. The van der Waals surface area contributed by atoms with Crippen LogP contribution in [0.15, 0.2) is 24.3 Å². The van der Waals surface area contributed by atoms with Crippen molar-refractivity contribution in [3.63, 3.8) is 0 Å². The fourth-order valence-corrected chi connectivity index (χ4v) is 3.85. The monoisotopic (exact) mass is 340 g/mol. The molecule has 0 radical (unpaired) electrons. The van der Waals surface area contributed by atoms with Crippen LogP contribution in [0, 0.1) is 0 Å². The molecule has 3 N–H and O–H groups in total. The number of nitrogens with one attached hydrogen (secondary N) is 1. The first-order chi connectivity index (χ1) is 11.2. The van der Waals surface area contributed by atoms with Gasteiger partial charge >= 0.3 is 0 Å². The van der Waals surface area contributed by atoms with Crippen molar-refractivity contribution in [2.45, 2.75) is 43.7 Å². The molecule has 0 aromatic heterocycles. The van der Waals surface area contributed by atoms with Crippen LogP contribution in [-0.4, -0.2) is 65.7 Å². The third-order valence-electron chi connectivity index (χ3n) is 4.77. The summed E-state index contributed by atoms with van der Waals surface area (Å²) in [5, 5.41) is 24.0. The highest BCUT2D eigenvalue weighted by Crippen LogP contribution is 2.28. The average molecular weight is 341 g/mol. The standard InChI is InChI=1S/C17H25ClN2O3/c18-13-5-3-4-12(8-13)9-19-10-14-16(20-6-1-2-7-20)17(22)15(11-21)23-14/h3-5,8,14-17,19,21-22H,1-2,6-7,9-11H2. The molecule has 0 bridgehead atoms. The van der Waals surface area contributed by atoms with Gasteiger partial charge in [0, 0.05) is 18.1 Å². The second-order valence-corrected chi connectivity index (χ2v) is 6.82. The minimum Gasteiger partial charge on any atom is -0.394 e. The predicted molar refractivity (Wildman–Crippen MR) is 89.5 cm³/mol. The summed E-state index contributed by atoms with van der Waals surface area (Å²) in [6, 6.07) is 7.72. The minimum absolute atomic E-state index is 0.0403. The van der Waals surface area contributed by atoms with E-state index >= 15 is 0 Å². The van der Waals surface area contributed by atoms with E-state index in [1.165, 1.54) is 0 Å². The molecule has 1 aromatic rings. The molecule has 6 heteroatoms. The van der Waals surface area contributed by atoms with Crippen molar-refractivity contribution < 1.29 is 14.9 Å². The van der Waals surface area contributed by atoms with Gasteiger partial charge in [-0.1, -0.05) is 23.7 Å². The molecule has 128 valence electrons. The molecule has 4 atom stereocenters. The summed E-state index contributed by atoms with van der Waals surface area (Å²) in [5.74, 6) is 0. The molecule has 3 rings (SSSR count). The van der Waals surface area contributed by atoms with Gasteiger partial charge in [-0.2, -0.15) is 0 Å². The third kappa shape index (κ3) is 4.05. The highest BCUT2D eigenvalue weighted by molar-refractivity contribution is 6.30. The second-order valence-electron chi connectivity index (χ2n) is 6.38. The summed E-state index contributed by atoms with van der Waals surface area (Å²) in [4.78, 5) is 2.30. The topological polar surface area (TPSA) is 65.0 Å². The molecule has 5 nitrogen and oxygen atoms in total. The molecular weight excluding hydrogens is 316 g/mol. The van der Waals surface area contributed by atoms with Gasteiger partial charge in [-0.25, -0.2) is 0 Å². The molecule has 4 unspecified atom stereocenters. The van der Waals surface area contributed by atoms with E-state index in [1.807, 2.05) is 24.3 Å². The number of aliphatic hydroxyl groups is 2. The van der Waals surface area contributed by atoms with Crippen LogP contribution in [0.4, 0.5) is 0 Å². The second kappa shape index (κ2) is 7.92. The molecule has 2 heterocycles. The lowest BCUT2D eigenvalue weighted by Crippen LogP contribution is -2.49. The summed E-state index contributed by atoms with van der Waals surface area (Å²) in [7, 11) is 0. The number of aliphatic hydroxyl groups excluding tert-OH is 2. The molecule has 0 spiro atoms. The molecule has 0 amide bonds. The maximum absolute atomic E-state index is 10.5. The van der Waals surface area contributed by atoms with Gasteiger partial charge in [-0.3, -0.25) is 4.90 Å². The van der Waals surface area contributed by atoms with Crippen molar-refractivity contribution in [3.05, 3.63) is 34.9 Å². The van der Waals surface area contributed by atoms with Crippen LogP contribution in [0.3, 0.4) is 0 Å². The van der Waals surface area contributed by atoms with Gasteiger partial charge in [-0.05, 0) is 43.6 Å². The lowest BCUT2D eigenvalue weighted by molar-refractivity contribution is -0.0213. The molecule has 2 fully saturated rings. The fraction of sp³-hybridized carbons (Fsp3) is 0.647. The summed E-state index contributed by atoms with van der Waals surface area (Å²) in [6.45, 7) is 3.19. The van der Waals surface area contributed by atoms with Crippen LogP contribution in [-0.2, 0) is 11.3 Å². The number of hydrogen-bond acceptors (Lipinski definition) is 5. The molecular formula is C17H25ClN2O3. The van der Waals surface area contributed by atoms with Crippen LogP contribution in [0.1, 0.15) is 18.4 Å². The number of ether oxygens (including phenoxy) is 1. The van der Waals surface area contributed by atoms with Crippen molar-refractivity contribution in [1.82, 2.24) is 10.2 Å². The Morgan fingerprint density at radius 1 is 1.26 bits per heavy atom. The Morgan fingerprint density at radius 3 is 2.74 bits per heavy atom. The van der Waals surface area contributed by atoms with Crippen LogP contribution in [0.2, 0.25) is 5.02 Å². The van der Waals surface area contributed by atoms with Gasteiger partial charge in [0.05, 0.1) is 18.8 Å². The van der Waals surface area contributed by atoms with E-state index in [1.54, 1.807) is 0 Å². The average Bonchev–Trinajstić information content (AvgIpc) is 3.15. The van der Waals surface area contributed by atoms with Crippen molar-refractivity contribution in [2.75, 3.05) is 26.2 Å². The quantitative estimate of drug-likeness (QED) is 0.721. The molecule has 1 aromatic carbocycles. The lowest BCUT2D eigenvalue weighted by atomic mass is 10.0. The fourth-order valence-electron chi connectivity index (χ4n) is 3.64. The van der Waals surface area contributed by atoms with E-state index in [-0.39, 0.29) is 18.8 Å². The Morgan fingerprint density at radius 2 is 2.04 bits per heavy atom. The van der Waals surface area contributed by atoms with Crippen molar-refractivity contribution >= 4 is 11.6 Å². The lowest BCUT2D eigenvalue weighted by Gasteiger charge is -2.30. The number of halogens is 1. The zero-order valence-electron chi connectivity index (χ0n) is 13.2. The summed E-state index contributed by atoms with van der Waals surface area (Å²) >= 11 is 6.00. The first-order valence-electron chi connectivity index (χ1n) is 8.32. The predicted octanol–water partition coefficient (Wildman–Crippen LogP) is 1.01. The smallest absolute Gasteiger partial charge is 0.109 e. The Labute approximate surface area is 142 Å². The van der Waals surface area contributed by atoms with Gasteiger partial charge in [-0.15, -0.1) is 0 Å². The Kier molecular flexibility index (Phi) is 5.91. The zero-order chi connectivity index (χ0) is 16.2. The van der Waals surface area contributed by atoms with Gasteiger partial charge in [0.2, 0.25) is 0 Å². The van der Waals surface area contributed by atoms with E-state index in [2.05, 4.69) is 10.2 Å². The molecule has 0 aliphatic carbocycles. The number of benzene rings is 1. The molecule has 2 aliphatic heterocycles. The van der Waals surface area contributed by atoms with Crippen LogP contribution in [0.25, 0.3) is 0 Å². The third-order valence-corrected chi connectivity index (χ3v) is 5.00. The van der Waals surface area contributed by atoms with Crippen molar-refractivity contribution in [3.8, 4) is 0 Å². The Hall–Kier alpha value is -0.690. The number of nitrogens with zero attached hydrogens (tertiary/aromatic N) is 1. The van der Waals surface area contributed by atoms with Crippen LogP contribution < -0.4 is 5.32 Å². The number of rotatable bonds is 6. The van der Waals surface area contributed by atoms with E-state index in [0.29, 0.717) is 13.1 Å². The maximum atomic E-state index is 10.5. The molecule has 23 heavy (non-hydrogen) atoms. The largest absolute Gasteiger partial charge is 0.394 e. The van der Waals surface area contributed by atoms with E-state index in [9.17, 15) is 10.2 Å². The SMILES string of the molecule is OCC1OC(CNCc2cccc(Cl)c2)C(N2CCCC2)C1O. The van der Waals surface area contributed by atoms with E-state index in [4.69, 9.17) is 16.3 Å². The highest BCUT2D eigenvalue weighted by atomic mass is 35.5. The molecule has 2 saturated heterocycles. The van der Waals surface area contributed by atoms with E-state index < -0.39 is 12.2 Å². The van der Waals surface area contributed by atoms with Gasteiger partial charge < -0.3 is 20.3 Å². The number of hydrogen-bond donors (Lipinski definition) is 3. The van der Waals surface area contributed by atoms with Gasteiger partial charge in [0.25, 0.3) is 0 Å². The van der Waals surface area contributed by atoms with Gasteiger partial charge in [0.15, 0.2) is 0 Å². The first kappa shape index (κ1) is 17.1. The first-order valence-corrected chi connectivity index (χ1v) is 8.70. The summed E-state index contributed by atoms with van der Waals surface area (Å²) in [5.41, 5.74) is 1.12.